The van der Waals surface area contributed by atoms with Crippen molar-refractivity contribution in [2.24, 2.45) is 0 Å². The van der Waals surface area contributed by atoms with Gasteiger partial charge in [-0.05, 0) is 56.3 Å². The first-order chi connectivity index (χ1) is 16.3. The maximum absolute atomic E-state index is 13.4. The van der Waals surface area contributed by atoms with Crippen molar-refractivity contribution in [3.05, 3.63) is 70.8 Å². The molecule has 0 unspecified atom stereocenters. The quantitative estimate of drug-likeness (QED) is 0.709. The summed E-state index contributed by atoms with van der Waals surface area (Å²) < 4.78 is 0. The predicted octanol–water partition coefficient (Wildman–Crippen LogP) is 2.87. The van der Waals surface area contributed by atoms with E-state index in [0.717, 1.165) is 63.5 Å². The number of carboxylic acids is 1. The molecular weight excluding hydrogens is 428 g/mol. The van der Waals surface area contributed by atoms with Gasteiger partial charge in [-0.15, -0.1) is 0 Å². The molecule has 0 bridgehead atoms. The highest BCUT2D eigenvalue weighted by molar-refractivity contribution is 5.94. The smallest absolute Gasteiger partial charge is 0.335 e. The Bertz CT molecular complexity index is 972. The number of amides is 1. The number of hydrogen-bond acceptors (Lipinski definition) is 5. The summed E-state index contributed by atoms with van der Waals surface area (Å²) in [5, 5.41) is 9.09. The molecule has 2 fully saturated rings. The Balaban J connectivity index is 1.34. The first kappa shape index (κ1) is 24.4. The molecule has 1 amide bonds. The number of carboxylic acid groups (broad SMARTS) is 1. The highest BCUT2D eigenvalue weighted by atomic mass is 16.4. The fourth-order valence-corrected chi connectivity index (χ4v) is 5.14. The Labute approximate surface area is 202 Å². The van der Waals surface area contributed by atoms with Crippen LogP contribution in [0.25, 0.3) is 0 Å². The second-order valence-corrected chi connectivity index (χ2v) is 9.88. The molecule has 2 aliphatic heterocycles. The minimum Gasteiger partial charge on any atom is -0.478 e. The van der Waals surface area contributed by atoms with Crippen molar-refractivity contribution in [1.82, 2.24) is 19.6 Å². The molecule has 2 aliphatic rings. The van der Waals surface area contributed by atoms with E-state index in [1.54, 1.807) is 12.1 Å². The molecule has 34 heavy (non-hydrogen) atoms. The molecule has 7 nitrogen and oxygen atoms in total. The van der Waals surface area contributed by atoms with E-state index in [1.165, 1.54) is 5.56 Å². The van der Waals surface area contributed by atoms with Gasteiger partial charge >= 0.3 is 5.97 Å². The van der Waals surface area contributed by atoms with Crippen LogP contribution in [0.1, 0.15) is 45.7 Å². The number of aromatic carboxylic acids is 1. The molecule has 0 radical (unpaired) electrons. The summed E-state index contributed by atoms with van der Waals surface area (Å²) in [7, 11) is 2.16. The molecule has 2 atom stereocenters. The van der Waals surface area contributed by atoms with E-state index < -0.39 is 5.97 Å². The van der Waals surface area contributed by atoms with Crippen molar-refractivity contribution in [2.75, 3.05) is 46.3 Å². The van der Waals surface area contributed by atoms with Crippen LogP contribution < -0.4 is 0 Å². The molecule has 182 valence electrons. The third kappa shape index (κ3) is 5.84. The molecule has 2 aromatic rings. The molecule has 4 rings (SSSR count). The van der Waals surface area contributed by atoms with Crippen LogP contribution in [0.15, 0.2) is 48.5 Å². The molecular formula is C27H36N4O3. The Hall–Kier alpha value is -2.74. The average molecular weight is 465 g/mol. The first-order valence-corrected chi connectivity index (χ1v) is 12.2. The van der Waals surface area contributed by atoms with Crippen LogP contribution in [-0.2, 0) is 13.1 Å². The van der Waals surface area contributed by atoms with Crippen LogP contribution in [0, 0.1) is 0 Å². The lowest BCUT2D eigenvalue weighted by Crippen LogP contribution is -2.58. The van der Waals surface area contributed by atoms with Crippen molar-refractivity contribution in [1.29, 1.82) is 0 Å². The number of piperazine rings is 2. The molecule has 2 saturated heterocycles. The normalized spacial score (nSPS) is 22.6. The third-order valence-electron chi connectivity index (χ3n) is 7.04. The Morgan fingerprint density at radius 3 is 1.74 bits per heavy atom. The summed E-state index contributed by atoms with van der Waals surface area (Å²) in [4.78, 5) is 33.6. The zero-order chi connectivity index (χ0) is 24.2. The lowest BCUT2D eigenvalue weighted by atomic mass is 10.0. The molecule has 2 heterocycles. The second-order valence-electron chi connectivity index (χ2n) is 9.88. The summed E-state index contributed by atoms with van der Waals surface area (Å²) in [5.74, 6) is -0.815. The summed E-state index contributed by atoms with van der Waals surface area (Å²) in [6, 6.07) is 15.4. The highest BCUT2D eigenvalue weighted by Crippen LogP contribution is 2.21. The minimum absolute atomic E-state index is 0.0941. The molecule has 0 saturated carbocycles. The second kappa shape index (κ2) is 10.7. The number of benzene rings is 2. The van der Waals surface area contributed by atoms with Crippen molar-refractivity contribution < 1.29 is 14.7 Å². The van der Waals surface area contributed by atoms with Crippen LogP contribution in [-0.4, -0.2) is 95.0 Å². The van der Waals surface area contributed by atoms with Gasteiger partial charge in [-0.2, -0.15) is 0 Å². The number of rotatable bonds is 6. The Morgan fingerprint density at radius 1 is 0.765 bits per heavy atom. The van der Waals surface area contributed by atoms with Crippen LogP contribution >= 0.6 is 0 Å². The van der Waals surface area contributed by atoms with E-state index in [4.69, 9.17) is 5.11 Å². The number of hydrogen-bond donors (Lipinski definition) is 1. The van der Waals surface area contributed by atoms with Gasteiger partial charge in [0.15, 0.2) is 0 Å². The monoisotopic (exact) mass is 464 g/mol. The lowest BCUT2D eigenvalue weighted by molar-refractivity contribution is 0.0268. The van der Waals surface area contributed by atoms with Gasteiger partial charge in [0, 0.05) is 70.0 Å². The average Bonchev–Trinajstić information content (AvgIpc) is 2.81. The third-order valence-corrected chi connectivity index (χ3v) is 7.04. The van der Waals surface area contributed by atoms with Crippen molar-refractivity contribution >= 4 is 11.9 Å². The Kier molecular flexibility index (Phi) is 7.66. The lowest BCUT2D eigenvalue weighted by Gasteiger charge is -2.44. The zero-order valence-electron chi connectivity index (χ0n) is 20.5. The van der Waals surface area contributed by atoms with E-state index in [9.17, 15) is 9.59 Å². The maximum Gasteiger partial charge on any atom is 0.335 e. The predicted molar refractivity (Wildman–Crippen MR) is 133 cm³/mol. The van der Waals surface area contributed by atoms with Gasteiger partial charge in [-0.3, -0.25) is 14.6 Å². The first-order valence-electron chi connectivity index (χ1n) is 12.2. The van der Waals surface area contributed by atoms with Gasteiger partial charge in [0.2, 0.25) is 0 Å². The number of nitrogens with zero attached hydrogens (tertiary/aromatic N) is 4. The van der Waals surface area contributed by atoms with Crippen molar-refractivity contribution in [3.8, 4) is 0 Å². The molecule has 7 heteroatoms. The molecule has 0 spiro atoms. The van der Waals surface area contributed by atoms with Gasteiger partial charge < -0.3 is 14.9 Å². The van der Waals surface area contributed by atoms with Gasteiger partial charge in [0.1, 0.15) is 0 Å². The van der Waals surface area contributed by atoms with Crippen LogP contribution in [0.4, 0.5) is 0 Å². The van der Waals surface area contributed by atoms with Crippen molar-refractivity contribution in [3.63, 3.8) is 0 Å². The fraction of sp³-hybridized carbons (Fsp3) is 0.481. The van der Waals surface area contributed by atoms with Gasteiger partial charge in [-0.1, -0.05) is 24.3 Å². The summed E-state index contributed by atoms with van der Waals surface area (Å²) in [6.45, 7) is 11.8. The number of likely N-dealkylation sites (N-methyl/N-ethyl adjacent to an activating group) is 1. The SMILES string of the molecule is C[C@@H]1CN(Cc2ccc(C(=O)O)cc2)C[C@H](C)N1C(=O)c1ccc(CN2CCN(C)CC2)cc1. The molecule has 2 aromatic carbocycles. The molecule has 1 N–H and O–H groups in total. The molecule has 0 aliphatic carbocycles. The van der Waals surface area contributed by atoms with Crippen molar-refractivity contribution in [2.45, 2.75) is 39.0 Å². The van der Waals surface area contributed by atoms with Crippen LogP contribution in [0.5, 0.6) is 0 Å². The summed E-state index contributed by atoms with van der Waals surface area (Å²) >= 11 is 0. The largest absolute Gasteiger partial charge is 0.478 e. The van der Waals surface area contributed by atoms with E-state index in [1.807, 2.05) is 29.2 Å². The minimum atomic E-state index is -0.909. The van der Waals surface area contributed by atoms with Crippen LogP contribution in [0.3, 0.4) is 0 Å². The van der Waals surface area contributed by atoms with E-state index in [2.05, 4.69) is 47.7 Å². The van der Waals surface area contributed by atoms with E-state index in [0.29, 0.717) is 5.56 Å². The fourth-order valence-electron chi connectivity index (χ4n) is 5.14. The summed E-state index contributed by atoms with van der Waals surface area (Å²) in [5.41, 5.74) is 3.38. The van der Waals surface area contributed by atoms with Gasteiger partial charge in [0.05, 0.1) is 5.56 Å². The van der Waals surface area contributed by atoms with Crippen LogP contribution in [0.2, 0.25) is 0 Å². The molecule has 0 aromatic heterocycles. The number of carbonyl (C=O) groups is 2. The highest BCUT2D eigenvalue weighted by Gasteiger charge is 2.33. The topological polar surface area (TPSA) is 67.3 Å². The summed E-state index contributed by atoms with van der Waals surface area (Å²) in [6.07, 6.45) is 0. The Morgan fingerprint density at radius 2 is 1.24 bits per heavy atom. The van der Waals surface area contributed by atoms with Gasteiger partial charge in [-0.25, -0.2) is 4.79 Å². The van der Waals surface area contributed by atoms with E-state index in [-0.39, 0.29) is 18.0 Å². The van der Waals surface area contributed by atoms with E-state index >= 15 is 0 Å². The van der Waals surface area contributed by atoms with Gasteiger partial charge in [0.25, 0.3) is 5.91 Å². The zero-order valence-corrected chi connectivity index (χ0v) is 20.5. The standard InChI is InChI=1S/C27H36N4O3/c1-20-16-30(19-23-6-10-25(11-7-23)27(33)34)17-21(2)31(20)26(32)24-8-4-22(5-9-24)18-29-14-12-28(3)13-15-29/h4-11,20-21H,12-19H2,1-3H3,(H,33,34)/t20-,21+. The maximum atomic E-state index is 13.4. The number of carbonyl (C=O) groups excluding carboxylic acids is 1.